The minimum Gasteiger partial charge on any atom is -0.494 e. The molecule has 1 aromatic rings. The van der Waals surface area contributed by atoms with Crippen LogP contribution in [0.15, 0.2) is 36.9 Å². The van der Waals surface area contributed by atoms with Crippen LogP contribution in [-0.2, 0) is 0 Å². The maximum atomic E-state index is 5.92. The van der Waals surface area contributed by atoms with Gasteiger partial charge in [0.2, 0.25) is 0 Å². The van der Waals surface area contributed by atoms with Gasteiger partial charge in [-0.2, -0.15) is 0 Å². The van der Waals surface area contributed by atoms with E-state index in [1.165, 1.54) is 102 Å². The Hall–Kier alpha value is -1.48. The van der Waals surface area contributed by atoms with Gasteiger partial charge < -0.3 is 9.64 Å². The highest BCUT2D eigenvalue weighted by Gasteiger charge is 2.16. The van der Waals surface area contributed by atoms with Crippen molar-refractivity contribution in [1.29, 1.82) is 0 Å². The summed E-state index contributed by atoms with van der Waals surface area (Å²) in [7, 11) is 0. The molecule has 0 unspecified atom stereocenters. The van der Waals surface area contributed by atoms with Gasteiger partial charge in [-0.05, 0) is 56.5 Å². The number of ether oxygens (including phenoxy) is 1. The molecule has 3 nitrogen and oxygen atoms in total. The van der Waals surface area contributed by atoms with Gasteiger partial charge in [-0.1, -0.05) is 77.2 Å². The molecule has 1 fully saturated rings. The van der Waals surface area contributed by atoms with Gasteiger partial charge >= 0.3 is 0 Å². The smallest absolute Gasteiger partial charge is 0.119 e. The third kappa shape index (κ3) is 11.9. The van der Waals surface area contributed by atoms with Crippen LogP contribution in [0, 0.1) is 0 Å². The van der Waals surface area contributed by atoms with Crippen LogP contribution in [-0.4, -0.2) is 44.2 Å². The van der Waals surface area contributed by atoms with Gasteiger partial charge in [-0.3, -0.25) is 4.90 Å². The Balaban J connectivity index is 1.50. The number of anilines is 1. The molecule has 0 amide bonds. The van der Waals surface area contributed by atoms with E-state index in [9.17, 15) is 0 Å². The van der Waals surface area contributed by atoms with Crippen LogP contribution in [0.2, 0.25) is 0 Å². The van der Waals surface area contributed by atoms with Crippen LogP contribution in [0.25, 0.3) is 0 Å². The van der Waals surface area contributed by atoms with Crippen LogP contribution >= 0.6 is 0 Å². The summed E-state index contributed by atoms with van der Waals surface area (Å²) < 4.78 is 5.92. The Morgan fingerprint density at radius 2 is 1.34 bits per heavy atom. The predicted octanol–water partition coefficient (Wildman–Crippen LogP) is 7.85. The van der Waals surface area contributed by atoms with E-state index in [0.717, 1.165) is 38.3 Å². The molecule has 182 valence electrons. The number of nitrogens with zero attached hydrogens (tertiary/aromatic N) is 2. The van der Waals surface area contributed by atoms with E-state index in [4.69, 9.17) is 4.74 Å². The number of piperazine rings is 1. The maximum Gasteiger partial charge on any atom is 0.119 e. The summed E-state index contributed by atoms with van der Waals surface area (Å²) in [5.74, 6) is 1.00. The number of rotatable bonds is 19. The van der Waals surface area contributed by atoms with Gasteiger partial charge in [-0.25, -0.2) is 0 Å². The minimum absolute atomic E-state index is 0.824. The zero-order chi connectivity index (χ0) is 22.7. The standard InChI is InChI=1S/C29H50N2O/c1-3-5-7-9-11-12-13-14-16-22-30-23-25-31(26-24-30)28-18-20-29(21-19-28)32-27-17-15-10-8-6-4-2/h4,18-21H,2-3,5-17,22-27H2,1H3. The molecule has 0 saturated carbocycles. The first-order valence-electron chi connectivity index (χ1n) is 13.6. The molecule has 0 atom stereocenters. The van der Waals surface area contributed by atoms with Crippen LogP contribution in [0.3, 0.4) is 0 Å². The molecular weight excluding hydrogens is 392 g/mol. The molecule has 1 heterocycles. The van der Waals surface area contributed by atoms with Gasteiger partial charge in [0.15, 0.2) is 0 Å². The second-order valence-electron chi connectivity index (χ2n) is 9.49. The fraction of sp³-hybridized carbons (Fsp3) is 0.724. The summed E-state index contributed by atoms with van der Waals surface area (Å²) in [6, 6.07) is 8.74. The third-order valence-corrected chi connectivity index (χ3v) is 6.72. The molecule has 2 rings (SSSR count). The zero-order valence-corrected chi connectivity index (χ0v) is 21.0. The summed E-state index contributed by atoms with van der Waals surface area (Å²) in [4.78, 5) is 5.18. The number of unbranched alkanes of at least 4 members (excludes halogenated alkanes) is 12. The molecule has 1 saturated heterocycles. The van der Waals surface area contributed by atoms with Crippen LogP contribution in [0.4, 0.5) is 5.69 Å². The summed E-state index contributed by atoms with van der Waals surface area (Å²) in [6.07, 6.45) is 20.8. The lowest BCUT2D eigenvalue weighted by Crippen LogP contribution is -2.46. The number of hydrogen-bond donors (Lipinski definition) is 0. The van der Waals surface area contributed by atoms with E-state index in [1.54, 1.807) is 0 Å². The Morgan fingerprint density at radius 3 is 2.00 bits per heavy atom. The molecule has 0 aromatic heterocycles. The highest BCUT2D eigenvalue weighted by atomic mass is 16.5. The first-order valence-corrected chi connectivity index (χ1v) is 13.6. The van der Waals surface area contributed by atoms with E-state index >= 15 is 0 Å². The van der Waals surface area contributed by atoms with Crippen molar-refractivity contribution in [3.05, 3.63) is 36.9 Å². The first kappa shape index (κ1) is 26.8. The molecule has 3 heteroatoms. The summed E-state index contributed by atoms with van der Waals surface area (Å²) >= 11 is 0. The first-order chi connectivity index (χ1) is 15.8. The lowest BCUT2D eigenvalue weighted by molar-refractivity contribution is 0.252. The molecule has 0 aliphatic carbocycles. The van der Waals surface area contributed by atoms with Crippen molar-refractivity contribution in [2.75, 3.05) is 44.2 Å². The molecule has 1 aromatic carbocycles. The second kappa shape index (κ2) is 18.0. The average Bonchev–Trinajstić information content (AvgIpc) is 2.83. The molecular formula is C29H50N2O. The number of hydrogen-bond acceptors (Lipinski definition) is 3. The Bertz CT molecular complexity index is 563. The highest BCUT2D eigenvalue weighted by Crippen LogP contribution is 2.21. The summed E-state index contributed by atoms with van der Waals surface area (Å²) in [6.45, 7) is 12.9. The largest absolute Gasteiger partial charge is 0.494 e. The summed E-state index contributed by atoms with van der Waals surface area (Å²) in [5.41, 5.74) is 1.34. The van der Waals surface area contributed by atoms with E-state index in [-0.39, 0.29) is 0 Å². The third-order valence-electron chi connectivity index (χ3n) is 6.72. The molecule has 0 radical (unpaired) electrons. The normalized spacial score (nSPS) is 14.6. The van der Waals surface area contributed by atoms with E-state index in [1.807, 2.05) is 6.08 Å². The second-order valence-corrected chi connectivity index (χ2v) is 9.49. The fourth-order valence-corrected chi connectivity index (χ4v) is 4.56. The van der Waals surface area contributed by atoms with E-state index in [0.29, 0.717) is 0 Å². The van der Waals surface area contributed by atoms with Gasteiger partial charge in [-0.15, -0.1) is 6.58 Å². The number of benzene rings is 1. The Kier molecular flexibility index (Phi) is 15.1. The SMILES string of the molecule is C=CCCCCCCOc1ccc(N2CCN(CCCCCCCCCCC)CC2)cc1. The molecule has 0 bridgehead atoms. The molecule has 32 heavy (non-hydrogen) atoms. The average molecular weight is 443 g/mol. The summed E-state index contributed by atoms with van der Waals surface area (Å²) in [5, 5.41) is 0. The molecule has 0 N–H and O–H groups in total. The van der Waals surface area contributed by atoms with Crippen molar-refractivity contribution in [3.63, 3.8) is 0 Å². The van der Waals surface area contributed by atoms with E-state index in [2.05, 4.69) is 47.6 Å². The van der Waals surface area contributed by atoms with Crippen LogP contribution < -0.4 is 9.64 Å². The van der Waals surface area contributed by atoms with Gasteiger partial charge in [0.1, 0.15) is 5.75 Å². The molecule has 0 spiro atoms. The van der Waals surface area contributed by atoms with Crippen molar-refractivity contribution in [2.45, 2.75) is 96.8 Å². The Labute approximate surface area is 199 Å². The predicted molar refractivity (Wildman–Crippen MR) is 141 cm³/mol. The van der Waals surface area contributed by atoms with Crippen molar-refractivity contribution < 1.29 is 4.74 Å². The van der Waals surface area contributed by atoms with Crippen molar-refractivity contribution >= 4 is 5.69 Å². The van der Waals surface area contributed by atoms with E-state index < -0.39 is 0 Å². The van der Waals surface area contributed by atoms with Gasteiger partial charge in [0, 0.05) is 31.9 Å². The monoisotopic (exact) mass is 442 g/mol. The van der Waals surface area contributed by atoms with Crippen molar-refractivity contribution in [1.82, 2.24) is 4.90 Å². The van der Waals surface area contributed by atoms with Gasteiger partial charge in [0.05, 0.1) is 6.61 Å². The quantitative estimate of drug-likeness (QED) is 0.160. The number of allylic oxidation sites excluding steroid dienone is 1. The minimum atomic E-state index is 0.824. The zero-order valence-electron chi connectivity index (χ0n) is 21.0. The topological polar surface area (TPSA) is 15.7 Å². The van der Waals surface area contributed by atoms with Crippen molar-refractivity contribution in [3.8, 4) is 5.75 Å². The van der Waals surface area contributed by atoms with Crippen molar-refractivity contribution in [2.24, 2.45) is 0 Å². The lowest BCUT2D eigenvalue weighted by Gasteiger charge is -2.36. The highest BCUT2D eigenvalue weighted by molar-refractivity contribution is 5.49. The lowest BCUT2D eigenvalue weighted by atomic mass is 10.1. The maximum absolute atomic E-state index is 5.92. The molecule has 1 aliphatic heterocycles. The fourth-order valence-electron chi connectivity index (χ4n) is 4.56. The van der Waals surface area contributed by atoms with Crippen LogP contribution in [0.5, 0.6) is 5.75 Å². The Morgan fingerprint density at radius 1 is 0.750 bits per heavy atom. The molecule has 1 aliphatic rings. The van der Waals surface area contributed by atoms with Gasteiger partial charge in [0.25, 0.3) is 0 Å². The van der Waals surface area contributed by atoms with Crippen LogP contribution in [0.1, 0.15) is 96.8 Å².